The molecule has 1 N–H and O–H groups in total. The van der Waals surface area contributed by atoms with Crippen molar-refractivity contribution in [1.29, 1.82) is 0 Å². The molecule has 2 rings (SSSR count). The summed E-state index contributed by atoms with van der Waals surface area (Å²) in [6, 6.07) is -0.195. The van der Waals surface area contributed by atoms with Crippen molar-refractivity contribution in [3.05, 3.63) is 24.3 Å². The summed E-state index contributed by atoms with van der Waals surface area (Å²) in [6.45, 7) is 15.4. The van der Waals surface area contributed by atoms with Crippen LogP contribution in [0.3, 0.4) is 0 Å². The van der Waals surface area contributed by atoms with Crippen LogP contribution in [0.4, 0.5) is 4.79 Å². The highest BCUT2D eigenvalue weighted by atomic mass is 28.3. The van der Waals surface area contributed by atoms with E-state index in [-0.39, 0.29) is 54.6 Å². The maximum Gasteiger partial charge on any atom is 0.410 e. The van der Waals surface area contributed by atoms with E-state index in [0.29, 0.717) is 18.7 Å². The number of ether oxygens (including phenoxy) is 1. The molecule has 1 saturated heterocycles. The van der Waals surface area contributed by atoms with Crippen molar-refractivity contribution in [3.63, 3.8) is 0 Å². The molecule has 8 heteroatoms. The Kier molecular flexibility index (Phi) is 7.82. The second kappa shape index (κ2) is 9.71. The first kappa shape index (κ1) is 23.3. The Labute approximate surface area is 175 Å². The summed E-state index contributed by atoms with van der Waals surface area (Å²) in [5.74, 6) is -0.230. The third-order valence-corrected chi connectivity index (χ3v) is 6.34. The summed E-state index contributed by atoms with van der Waals surface area (Å²) >= 11 is 0. The number of carbonyl (C=O) groups is 3. The third-order valence-electron chi connectivity index (χ3n) is 5.48. The van der Waals surface area contributed by atoms with Gasteiger partial charge in [0.05, 0.1) is 12.5 Å². The van der Waals surface area contributed by atoms with E-state index in [0.717, 1.165) is 0 Å². The molecule has 0 aliphatic carbocycles. The van der Waals surface area contributed by atoms with Crippen LogP contribution < -0.4 is 5.32 Å². The molecule has 0 radical (unpaired) electrons. The number of ketones is 1. The molecule has 0 spiro atoms. The normalized spacial score (nSPS) is 22.6. The van der Waals surface area contributed by atoms with E-state index >= 15 is 0 Å². The molecule has 0 unspecified atom stereocenters. The van der Waals surface area contributed by atoms with Gasteiger partial charge in [-0.2, -0.15) is 0 Å². The molecule has 2 heterocycles. The van der Waals surface area contributed by atoms with Crippen molar-refractivity contribution in [1.82, 2.24) is 10.2 Å². The predicted molar refractivity (Wildman–Crippen MR) is 114 cm³/mol. The fraction of sp³-hybridized carbons (Fsp3) is 0.667. The van der Waals surface area contributed by atoms with Crippen LogP contribution in [0.15, 0.2) is 24.3 Å². The molecular weight excluding hydrogens is 388 g/mol. The first-order chi connectivity index (χ1) is 13.5. The van der Waals surface area contributed by atoms with Gasteiger partial charge in [-0.3, -0.25) is 9.59 Å². The van der Waals surface area contributed by atoms with Crippen LogP contribution in [0.1, 0.15) is 27.2 Å². The largest absolute Gasteiger partial charge is 0.445 e. The molecule has 0 aromatic rings. The Morgan fingerprint density at radius 1 is 1.41 bits per heavy atom. The predicted octanol–water partition coefficient (Wildman–Crippen LogP) is 2.29. The van der Waals surface area contributed by atoms with Gasteiger partial charge in [-0.25, -0.2) is 4.79 Å². The Morgan fingerprint density at radius 2 is 2.10 bits per heavy atom. The van der Waals surface area contributed by atoms with Gasteiger partial charge in [0.15, 0.2) is 14.8 Å². The van der Waals surface area contributed by atoms with Crippen LogP contribution in [0, 0.1) is 17.3 Å². The highest BCUT2D eigenvalue weighted by Crippen LogP contribution is 2.39. The average molecular weight is 423 g/mol. The maximum atomic E-state index is 12.8. The molecule has 162 valence electrons. The number of nitrogens with zero attached hydrogens (tertiary/aromatic N) is 1. The summed E-state index contributed by atoms with van der Waals surface area (Å²) in [4.78, 5) is 38.5. The number of carbonyl (C=O) groups excluding carboxylic acids is 3. The molecule has 0 saturated carbocycles. The molecule has 2 aliphatic rings. The van der Waals surface area contributed by atoms with Gasteiger partial charge >= 0.3 is 6.09 Å². The van der Waals surface area contributed by atoms with Crippen LogP contribution in [-0.2, 0) is 18.8 Å². The number of hydrogen-bond acceptors (Lipinski definition) is 5. The molecule has 2 amide bonds. The lowest BCUT2D eigenvalue weighted by Crippen LogP contribution is -2.63. The maximum absolute atomic E-state index is 12.8. The summed E-state index contributed by atoms with van der Waals surface area (Å²) in [5, 5.41) is 2.90. The standard InChI is InChI=1S/C21H34N2O5Si/c1-7-10-27-20(26)23-9-8-14(12-23)17(24)11-16-18(19(25)22-16)15(21(2,3)4)13-28-29(5)6/h7-8,15-16,18,29H,1,9-13H2,2-6H3,(H,22,25)/t15-,16-,18+/m1/s1. The number of hydrogen-bond donors (Lipinski definition) is 1. The van der Waals surface area contributed by atoms with Gasteiger partial charge in [-0.1, -0.05) is 39.5 Å². The number of Topliss-reactive ketones (excluding diaryl/α,β-unsaturated/α-hetero) is 1. The average Bonchev–Trinajstić information content (AvgIpc) is 3.11. The molecule has 2 aliphatic heterocycles. The van der Waals surface area contributed by atoms with E-state index in [1.54, 1.807) is 6.08 Å². The summed E-state index contributed by atoms with van der Waals surface area (Å²) in [7, 11) is -1.20. The van der Waals surface area contributed by atoms with Gasteiger partial charge in [0.25, 0.3) is 0 Å². The van der Waals surface area contributed by atoms with Crippen LogP contribution in [0.2, 0.25) is 13.1 Å². The van der Waals surface area contributed by atoms with Gasteiger partial charge < -0.3 is 19.4 Å². The first-order valence-corrected chi connectivity index (χ1v) is 13.0. The highest BCUT2D eigenvalue weighted by Gasteiger charge is 2.49. The minimum atomic E-state index is -1.20. The first-order valence-electron chi connectivity index (χ1n) is 10.2. The van der Waals surface area contributed by atoms with Gasteiger partial charge in [-0.15, -0.1) is 0 Å². The second-order valence-corrected chi connectivity index (χ2v) is 11.5. The molecule has 1 fully saturated rings. The topological polar surface area (TPSA) is 84.9 Å². The molecule has 29 heavy (non-hydrogen) atoms. The van der Waals surface area contributed by atoms with Crippen LogP contribution in [0.25, 0.3) is 0 Å². The second-order valence-electron chi connectivity index (χ2n) is 9.10. The quantitative estimate of drug-likeness (QED) is 0.350. The van der Waals surface area contributed by atoms with Crippen LogP contribution >= 0.6 is 0 Å². The number of β-lactam (4-membered cyclic amide) rings is 1. The van der Waals surface area contributed by atoms with Crippen molar-refractivity contribution in [2.45, 2.75) is 46.3 Å². The van der Waals surface area contributed by atoms with E-state index in [1.165, 1.54) is 11.0 Å². The minimum absolute atomic E-state index is 0.00761. The SMILES string of the molecule is C=CCOC(=O)N1CC=C(C(=O)C[C@H]2NC(=O)[C@H]2[C@@H](CO[SiH](C)C)C(C)(C)C)C1. The number of amides is 2. The zero-order chi connectivity index (χ0) is 21.8. The van der Waals surface area contributed by atoms with Crippen LogP contribution in [0.5, 0.6) is 0 Å². The lowest BCUT2D eigenvalue weighted by Gasteiger charge is -2.46. The molecule has 0 aromatic carbocycles. The molecule has 7 nitrogen and oxygen atoms in total. The molecule has 3 atom stereocenters. The minimum Gasteiger partial charge on any atom is -0.445 e. The summed E-state index contributed by atoms with van der Waals surface area (Å²) in [6.07, 6.45) is 3.05. The van der Waals surface area contributed by atoms with E-state index in [9.17, 15) is 14.4 Å². The molecular formula is C21H34N2O5Si. The molecule has 0 bridgehead atoms. The third kappa shape index (κ3) is 6.02. The highest BCUT2D eigenvalue weighted by molar-refractivity contribution is 6.48. The lowest BCUT2D eigenvalue weighted by molar-refractivity contribution is -0.143. The lowest BCUT2D eigenvalue weighted by atomic mass is 9.66. The Hall–Kier alpha value is -1.93. The Morgan fingerprint density at radius 3 is 2.66 bits per heavy atom. The van der Waals surface area contributed by atoms with Crippen molar-refractivity contribution in [3.8, 4) is 0 Å². The van der Waals surface area contributed by atoms with Crippen molar-refractivity contribution >= 4 is 26.8 Å². The smallest absolute Gasteiger partial charge is 0.410 e. The van der Waals surface area contributed by atoms with E-state index < -0.39 is 15.1 Å². The Balaban J connectivity index is 1.96. The van der Waals surface area contributed by atoms with Gasteiger partial charge in [-0.05, 0) is 24.4 Å². The van der Waals surface area contributed by atoms with Gasteiger partial charge in [0, 0.05) is 31.2 Å². The molecule has 0 aromatic heterocycles. The summed E-state index contributed by atoms with van der Waals surface area (Å²) < 4.78 is 11.0. The zero-order valence-corrected chi connectivity index (χ0v) is 19.3. The van der Waals surface area contributed by atoms with Gasteiger partial charge in [0.2, 0.25) is 5.91 Å². The van der Waals surface area contributed by atoms with E-state index in [2.05, 4.69) is 45.8 Å². The number of nitrogens with one attached hydrogen (secondary N) is 1. The van der Waals surface area contributed by atoms with Crippen LogP contribution in [-0.4, -0.2) is 64.1 Å². The monoisotopic (exact) mass is 422 g/mol. The fourth-order valence-electron chi connectivity index (χ4n) is 3.73. The van der Waals surface area contributed by atoms with E-state index in [1.807, 2.05) is 0 Å². The number of rotatable bonds is 9. The van der Waals surface area contributed by atoms with Crippen molar-refractivity contribution < 1.29 is 23.5 Å². The van der Waals surface area contributed by atoms with E-state index in [4.69, 9.17) is 9.16 Å². The Bertz CT molecular complexity index is 683. The van der Waals surface area contributed by atoms with Gasteiger partial charge in [0.1, 0.15) is 6.61 Å². The zero-order valence-electron chi connectivity index (χ0n) is 18.2. The van der Waals surface area contributed by atoms with Crippen molar-refractivity contribution in [2.75, 3.05) is 26.3 Å². The fourth-order valence-corrected chi connectivity index (χ4v) is 4.33. The summed E-state index contributed by atoms with van der Waals surface area (Å²) in [5.41, 5.74) is 0.490. The van der Waals surface area contributed by atoms with Crippen molar-refractivity contribution in [2.24, 2.45) is 17.3 Å².